The number of carbonyl (C=O) groups is 2. The Morgan fingerprint density at radius 1 is 1.31 bits per heavy atom. The molecule has 68 valence electrons. The SMILES string of the molecule is CCC(=O)CC(=O)c1ccncc1. The number of carbonyl (C=O) groups excluding carboxylic acids is 2. The summed E-state index contributed by atoms with van der Waals surface area (Å²) in [4.78, 5) is 26.1. The summed E-state index contributed by atoms with van der Waals surface area (Å²) in [5.41, 5.74) is 0.553. The molecule has 3 heteroatoms. The molecule has 0 amide bonds. The molecule has 0 bridgehead atoms. The Labute approximate surface area is 76.8 Å². The predicted molar refractivity (Wildman–Crippen MR) is 48.5 cm³/mol. The van der Waals surface area contributed by atoms with Crippen molar-refractivity contribution in [2.75, 3.05) is 0 Å². The van der Waals surface area contributed by atoms with E-state index in [9.17, 15) is 9.59 Å². The number of Topliss-reactive ketones (excluding diaryl/α,β-unsaturated/α-hetero) is 2. The van der Waals surface area contributed by atoms with Crippen molar-refractivity contribution in [3.63, 3.8) is 0 Å². The highest BCUT2D eigenvalue weighted by atomic mass is 16.1. The Morgan fingerprint density at radius 3 is 2.46 bits per heavy atom. The van der Waals surface area contributed by atoms with Gasteiger partial charge in [0.25, 0.3) is 0 Å². The number of hydrogen-bond acceptors (Lipinski definition) is 3. The zero-order valence-corrected chi connectivity index (χ0v) is 7.49. The number of nitrogens with zero attached hydrogens (tertiary/aromatic N) is 1. The van der Waals surface area contributed by atoms with Gasteiger partial charge in [-0.25, -0.2) is 0 Å². The molecule has 0 radical (unpaired) electrons. The summed E-state index contributed by atoms with van der Waals surface area (Å²) in [6, 6.07) is 3.23. The van der Waals surface area contributed by atoms with Crippen molar-refractivity contribution < 1.29 is 9.59 Å². The molecular weight excluding hydrogens is 166 g/mol. The third kappa shape index (κ3) is 2.78. The van der Waals surface area contributed by atoms with Crippen molar-refractivity contribution in [2.24, 2.45) is 0 Å². The molecule has 0 aliphatic carbocycles. The van der Waals surface area contributed by atoms with E-state index < -0.39 is 0 Å². The van der Waals surface area contributed by atoms with E-state index in [4.69, 9.17) is 0 Å². The van der Waals surface area contributed by atoms with E-state index >= 15 is 0 Å². The van der Waals surface area contributed by atoms with Gasteiger partial charge < -0.3 is 0 Å². The Hall–Kier alpha value is -1.51. The minimum atomic E-state index is -0.130. The standard InChI is InChI=1S/C10H11NO2/c1-2-9(12)7-10(13)8-3-5-11-6-4-8/h3-6H,2,7H2,1H3. The summed E-state index contributed by atoms with van der Waals surface area (Å²) in [5.74, 6) is -0.156. The lowest BCUT2D eigenvalue weighted by atomic mass is 10.1. The van der Waals surface area contributed by atoms with Crippen LogP contribution in [0.5, 0.6) is 0 Å². The van der Waals surface area contributed by atoms with Gasteiger partial charge in [0.2, 0.25) is 0 Å². The molecule has 1 rings (SSSR count). The molecule has 1 aromatic rings. The quantitative estimate of drug-likeness (QED) is 0.518. The third-order valence-electron chi connectivity index (χ3n) is 1.75. The topological polar surface area (TPSA) is 47.0 Å². The maximum Gasteiger partial charge on any atom is 0.170 e. The molecule has 1 heterocycles. The van der Waals surface area contributed by atoms with Gasteiger partial charge in [0.05, 0.1) is 6.42 Å². The van der Waals surface area contributed by atoms with E-state index in [1.165, 1.54) is 0 Å². The van der Waals surface area contributed by atoms with E-state index in [1.807, 2.05) is 0 Å². The van der Waals surface area contributed by atoms with Crippen molar-refractivity contribution in [1.82, 2.24) is 4.98 Å². The van der Waals surface area contributed by atoms with Gasteiger partial charge in [-0.05, 0) is 12.1 Å². The van der Waals surface area contributed by atoms with Gasteiger partial charge >= 0.3 is 0 Å². The Kier molecular flexibility index (Phi) is 3.31. The molecule has 0 N–H and O–H groups in total. The smallest absolute Gasteiger partial charge is 0.170 e. The van der Waals surface area contributed by atoms with Crippen LogP contribution in [0.15, 0.2) is 24.5 Å². The lowest BCUT2D eigenvalue weighted by Gasteiger charge is -1.97. The summed E-state index contributed by atoms with van der Waals surface area (Å²) >= 11 is 0. The van der Waals surface area contributed by atoms with E-state index in [-0.39, 0.29) is 18.0 Å². The first-order valence-corrected chi connectivity index (χ1v) is 4.19. The van der Waals surface area contributed by atoms with Crippen LogP contribution in [0.3, 0.4) is 0 Å². The fraction of sp³-hybridized carbons (Fsp3) is 0.300. The van der Waals surface area contributed by atoms with Crippen LogP contribution >= 0.6 is 0 Å². The first-order chi connectivity index (χ1) is 6.24. The van der Waals surface area contributed by atoms with Gasteiger partial charge in [-0.2, -0.15) is 0 Å². The van der Waals surface area contributed by atoms with Crippen LogP contribution in [0.2, 0.25) is 0 Å². The predicted octanol–water partition coefficient (Wildman–Crippen LogP) is 1.63. The highest BCUT2D eigenvalue weighted by molar-refractivity contribution is 6.07. The Bertz CT molecular complexity index is 306. The lowest BCUT2D eigenvalue weighted by Crippen LogP contribution is -2.06. The van der Waals surface area contributed by atoms with Crippen LogP contribution in [0, 0.1) is 0 Å². The number of aromatic nitrogens is 1. The molecule has 0 atom stereocenters. The van der Waals surface area contributed by atoms with Crippen molar-refractivity contribution in [1.29, 1.82) is 0 Å². The van der Waals surface area contributed by atoms with Crippen LogP contribution in [0.4, 0.5) is 0 Å². The average Bonchev–Trinajstić information content (AvgIpc) is 2.19. The molecule has 0 saturated carbocycles. The Morgan fingerprint density at radius 2 is 1.92 bits per heavy atom. The Balaban J connectivity index is 2.65. The van der Waals surface area contributed by atoms with Crippen LogP contribution in [0.1, 0.15) is 30.1 Å². The molecule has 0 aliphatic rings. The van der Waals surface area contributed by atoms with Crippen molar-refractivity contribution >= 4 is 11.6 Å². The van der Waals surface area contributed by atoms with Crippen molar-refractivity contribution in [3.8, 4) is 0 Å². The fourth-order valence-corrected chi connectivity index (χ4v) is 0.944. The number of ketones is 2. The first-order valence-electron chi connectivity index (χ1n) is 4.19. The van der Waals surface area contributed by atoms with Crippen LogP contribution in [-0.2, 0) is 4.79 Å². The van der Waals surface area contributed by atoms with Gasteiger partial charge in [0.15, 0.2) is 5.78 Å². The van der Waals surface area contributed by atoms with Gasteiger partial charge in [-0.15, -0.1) is 0 Å². The summed E-state index contributed by atoms with van der Waals surface area (Å²) < 4.78 is 0. The molecule has 0 fully saturated rings. The van der Waals surface area contributed by atoms with E-state index in [0.29, 0.717) is 12.0 Å². The summed E-state index contributed by atoms with van der Waals surface area (Å²) in [6.45, 7) is 1.75. The van der Waals surface area contributed by atoms with Gasteiger partial charge in [-0.1, -0.05) is 6.92 Å². The molecule has 0 spiro atoms. The maximum absolute atomic E-state index is 11.4. The fourth-order valence-electron chi connectivity index (χ4n) is 0.944. The summed E-state index contributed by atoms with van der Waals surface area (Å²) in [5, 5.41) is 0. The highest BCUT2D eigenvalue weighted by Crippen LogP contribution is 2.02. The van der Waals surface area contributed by atoms with Crippen LogP contribution in [-0.4, -0.2) is 16.6 Å². The van der Waals surface area contributed by atoms with Gasteiger partial charge in [0, 0.05) is 24.4 Å². The second-order valence-electron chi connectivity index (χ2n) is 2.73. The zero-order chi connectivity index (χ0) is 9.68. The van der Waals surface area contributed by atoms with Crippen LogP contribution in [0.25, 0.3) is 0 Å². The average molecular weight is 177 g/mol. The monoisotopic (exact) mass is 177 g/mol. The van der Waals surface area contributed by atoms with E-state index in [2.05, 4.69) is 4.98 Å². The minimum Gasteiger partial charge on any atom is -0.299 e. The second-order valence-corrected chi connectivity index (χ2v) is 2.73. The molecule has 0 aromatic carbocycles. The molecule has 0 aliphatic heterocycles. The number of rotatable bonds is 4. The lowest BCUT2D eigenvalue weighted by molar-refractivity contribution is -0.117. The van der Waals surface area contributed by atoms with Crippen LogP contribution < -0.4 is 0 Å². The molecule has 0 unspecified atom stereocenters. The van der Waals surface area contributed by atoms with E-state index in [1.54, 1.807) is 31.5 Å². The second kappa shape index (κ2) is 4.50. The first kappa shape index (κ1) is 9.58. The van der Waals surface area contributed by atoms with Gasteiger partial charge in [-0.3, -0.25) is 14.6 Å². The zero-order valence-electron chi connectivity index (χ0n) is 7.49. The summed E-state index contributed by atoms with van der Waals surface area (Å²) in [6.07, 6.45) is 3.50. The molecule has 3 nitrogen and oxygen atoms in total. The van der Waals surface area contributed by atoms with E-state index in [0.717, 1.165) is 0 Å². The van der Waals surface area contributed by atoms with Gasteiger partial charge in [0.1, 0.15) is 5.78 Å². The molecule has 1 aromatic heterocycles. The molecule has 13 heavy (non-hydrogen) atoms. The number of hydrogen-bond donors (Lipinski definition) is 0. The molecule has 0 saturated heterocycles. The highest BCUT2D eigenvalue weighted by Gasteiger charge is 2.09. The molecular formula is C10H11NO2. The largest absolute Gasteiger partial charge is 0.299 e. The maximum atomic E-state index is 11.4. The third-order valence-corrected chi connectivity index (χ3v) is 1.75. The van der Waals surface area contributed by atoms with Crippen molar-refractivity contribution in [2.45, 2.75) is 19.8 Å². The number of pyridine rings is 1. The minimum absolute atomic E-state index is 0.000509. The normalized spacial score (nSPS) is 9.62. The summed E-state index contributed by atoms with van der Waals surface area (Å²) in [7, 11) is 0. The van der Waals surface area contributed by atoms with Crippen molar-refractivity contribution in [3.05, 3.63) is 30.1 Å².